The Labute approximate surface area is 241 Å². The molecule has 1 aromatic carbocycles. The average Bonchev–Trinajstić information content (AvgIpc) is 3.45. The lowest BCUT2D eigenvalue weighted by atomic mass is 9.41. The second kappa shape index (κ2) is 9.10. The van der Waals surface area contributed by atoms with Gasteiger partial charge in [-0.3, -0.25) is 9.78 Å². The molecular weight excluding hydrogens is 548 g/mol. The van der Waals surface area contributed by atoms with Crippen LogP contribution < -0.4 is 4.90 Å². The zero-order valence-electron chi connectivity index (χ0n) is 23.8. The predicted octanol–water partition coefficient (Wildman–Crippen LogP) is 7.79. The lowest BCUT2D eigenvalue weighted by Crippen LogP contribution is -2.71. The van der Waals surface area contributed by atoms with E-state index in [4.69, 9.17) is 4.52 Å². The lowest BCUT2D eigenvalue weighted by Gasteiger charge is -2.65. The normalized spacial score (nSPS) is 31.5. The molecule has 0 saturated heterocycles. The number of hydrogen-bond acceptors (Lipinski definition) is 5. The highest BCUT2D eigenvalue weighted by molar-refractivity contribution is 6.00. The Hall–Kier alpha value is -3.30. The van der Waals surface area contributed by atoms with E-state index in [1.807, 2.05) is 43.0 Å². The molecule has 1 amide bonds. The number of amides is 1. The van der Waals surface area contributed by atoms with Crippen molar-refractivity contribution in [2.75, 3.05) is 11.4 Å². The van der Waals surface area contributed by atoms with Crippen LogP contribution in [0.3, 0.4) is 0 Å². The first-order valence-electron chi connectivity index (χ1n) is 14.8. The van der Waals surface area contributed by atoms with Crippen LogP contribution in [0.5, 0.6) is 0 Å². The van der Waals surface area contributed by atoms with E-state index in [0.717, 1.165) is 67.7 Å². The fraction of sp³-hybridized carbons (Fsp3) is 0.562. The molecule has 0 N–H and O–H groups in total. The third-order valence-corrected chi connectivity index (χ3v) is 10.5. The predicted molar refractivity (Wildman–Crippen MR) is 147 cm³/mol. The van der Waals surface area contributed by atoms with Crippen molar-refractivity contribution in [3.8, 4) is 11.4 Å². The molecule has 6 fully saturated rings. The quantitative estimate of drug-likeness (QED) is 0.266. The number of carbonyl (C=O) groups is 1. The van der Waals surface area contributed by atoms with E-state index in [9.17, 15) is 22.4 Å². The topological polar surface area (TPSA) is 72.1 Å². The molecule has 222 valence electrons. The minimum atomic E-state index is -4.41. The maximum Gasteiger partial charge on any atom is 0.417 e. The van der Waals surface area contributed by atoms with Gasteiger partial charge in [-0.05, 0) is 87.5 Å². The number of halogens is 4. The van der Waals surface area contributed by atoms with Crippen LogP contribution in [0.2, 0.25) is 0 Å². The standard InChI is InChI=1S/C32H34F4N4O2/c1-20(2)26-38-25(39-42-26)21-4-3-5-23(14-21)40(27(41)30-16-31(33,17-30)18-30)19-28-8-11-29(12-9-28,13-10-28)24-7-6-22(15-37-24)32(34,35)36/h3-7,14-15,20H,8-13,16-19H2,1-2H3. The maximum atomic E-state index is 14.5. The number of aromatic nitrogens is 3. The molecule has 6 saturated carbocycles. The van der Waals surface area contributed by atoms with Gasteiger partial charge in [0.1, 0.15) is 5.67 Å². The fourth-order valence-corrected chi connectivity index (χ4v) is 7.95. The molecule has 6 aliphatic carbocycles. The van der Waals surface area contributed by atoms with Crippen molar-refractivity contribution in [3.05, 3.63) is 59.7 Å². The minimum Gasteiger partial charge on any atom is -0.339 e. The van der Waals surface area contributed by atoms with Gasteiger partial charge in [-0.2, -0.15) is 18.2 Å². The zero-order valence-corrected chi connectivity index (χ0v) is 23.8. The lowest BCUT2D eigenvalue weighted by molar-refractivity contribution is -0.211. The van der Waals surface area contributed by atoms with Gasteiger partial charge in [0, 0.05) is 41.0 Å². The number of hydrogen-bond donors (Lipinski definition) is 0. The van der Waals surface area contributed by atoms with Crippen LogP contribution in [-0.4, -0.2) is 33.2 Å². The van der Waals surface area contributed by atoms with Crippen molar-refractivity contribution >= 4 is 11.6 Å². The van der Waals surface area contributed by atoms with E-state index in [0.29, 0.717) is 18.3 Å². The number of anilines is 1. The number of nitrogens with zero attached hydrogens (tertiary/aromatic N) is 4. The van der Waals surface area contributed by atoms with Gasteiger partial charge >= 0.3 is 6.18 Å². The molecular formula is C32H34F4N4O2. The van der Waals surface area contributed by atoms with Crippen LogP contribution in [0.1, 0.15) is 94.7 Å². The van der Waals surface area contributed by atoms with Gasteiger partial charge in [0.15, 0.2) is 0 Å². The number of carbonyl (C=O) groups excluding carboxylic acids is 1. The third-order valence-electron chi connectivity index (χ3n) is 10.5. The summed E-state index contributed by atoms with van der Waals surface area (Å²) < 4.78 is 59.3. The highest BCUT2D eigenvalue weighted by atomic mass is 19.4. The number of pyridine rings is 1. The van der Waals surface area contributed by atoms with E-state index in [2.05, 4.69) is 15.1 Å². The average molecular weight is 583 g/mol. The van der Waals surface area contributed by atoms with E-state index >= 15 is 0 Å². The van der Waals surface area contributed by atoms with Gasteiger partial charge in [-0.15, -0.1) is 0 Å². The van der Waals surface area contributed by atoms with Crippen LogP contribution >= 0.6 is 0 Å². The second-order valence-electron chi connectivity index (χ2n) is 13.7. The Morgan fingerprint density at radius 1 is 1.02 bits per heavy atom. The zero-order chi connectivity index (χ0) is 29.5. The third kappa shape index (κ3) is 4.35. The molecule has 6 nitrogen and oxygen atoms in total. The molecule has 0 radical (unpaired) electrons. The first kappa shape index (κ1) is 27.5. The fourth-order valence-electron chi connectivity index (χ4n) is 7.95. The van der Waals surface area contributed by atoms with Gasteiger partial charge in [-0.25, -0.2) is 4.39 Å². The van der Waals surface area contributed by atoms with E-state index in [-0.39, 0.29) is 41.9 Å². The van der Waals surface area contributed by atoms with Crippen LogP contribution in [0, 0.1) is 10.8 Å². The maximum absolute atomic E-state index is 14.5. The number of benzene rings is 1. The van der Waals surface area contributed by atoms with Gasteiger partial charge in [-0.1, -0.05) is 31.1 Å². The highest BCUT2D eigenvalue weighted by Crippen LogP contribution is 2.70. The molecule has 4 bridgehead atoms. The van der Waals surface area contributed by atoms with Crippen LogP contribution in [0.15, 0.2) is 47.1 Å². The molecule has 10 heteroatoms. The van der Waals surface area contributed by atoms with Crippen molar-refractivity contribution in [1.82, 2.24) is 15.1 Å². The molecule has 9 rings (SSSR count). The summed E-state index contributed by atoms with van der Waals surface area (Å²) >= 11 is 0. The summed E-state index contributed by atoms with van der Waals surface area (Å²) in [5, 5.41) is 4.15. The van der Waals surface area contributed by atoms with Crippen molar-refractivity contribution in [1.29, 1.82) is 0 Å². The Morgan fingerprint density at radius 2 is 1.71 bits per heavy atom. The van der Waals surface area contributed by atoms with Crippen molar-refractivity contribution in [3.63, 3.8) is 0 Å². The van der Waals surface area contributed by atoms with Gasteiger partial charge in [0.2, 0.25) is 17.6 Å². The smallest absolute Gasteiger partial charge is 0.339 e. The molecule has 2 heterocycles. The van der Waals surface area contributed by atoms with Crippen molar-refractivity contribution in [2.24, 2.45) is 10.8 Å². The Kier molecular flexibility index (Phi) is 5.96. The Bertz CT molecular complexity index is 1490. The summed E-state index contributed by atoms with van der Waals surface area (Å²) in [7, 11) is 0. The van der Waals surface area contributed by atoms with Gasteiger partial charge in [0.25, 0.3) is 0 Å². The van der Waals surface area contributed by atoms with Gasteiger partial charge in [0.05, 0.1) is 11.0 Å². The number of rotatable bonds is 7. The SMILES string of the molecule is CC(C)c1nc(-c2cccc(N(CC34CCC(c5ccc(C(F)(F)F)cn5)(CC3)CC4)C(=O)C34CC(F)(C3)C4)c2)no1. The molecule has 6 aliphatic rings. The molecule has 0 spiro atoms. The molecule has 2 aromatic heterocycles. The largest absolute Gasteiger partial charge is 0.417 e. The van der Waals surface area contributed by atoms with Gasteiger partial charge < -0.3 is 9.42 Å². The van der Waals surface area contributed by atoms with E-state index in [1.54, 1.807) is 6.07 Å². The summed E-state index contributed by atoms with van der Waals surface area (Å²) in [6.07, 6.45) is 2.38. The molecule has 0 aliphatic heterocycles. The Balaban J connectivity index is 1.15. The monoisotopic (exact) mass is 582 g/mol. The summed E-state index contributed by atoms with van der Waals surface area (Å²) in [4.78, 5) is 24.8. The Morgan fingerprint density at radius 3 is 2.26 bits per heavy atom. The highest BCUT2D eigenvalue weighted by Gasteiger charge is 2.73. The molecule has 0 unspecified atom stereocenters. The summed E-state index contributed by atoms with van der Waals surface area (Å²) in [5.74, 6) is 1.08. The van der Waals surface area contributed by atoms with Crippen molar-refractivity contribution < 1.29 is 26.9 Å². The molecule has 42 heavy (non-hydrogen) atoms. The molecule has 3 aromatic rings. The summed E-state index contributed by atoms with van der Waals surface area (Å²) in [5.41, 5.74) is -0.684. The van der Waals surface area contributed by atoms with Crippen LogP contribution in [0.4, 0.5) is 23.2 Å². The van der Waals surface area contributed by atoms with Crippen LogP contribution in [0.25, 0.3) is 11.4 Å². The van der Waals surface area contributed by atoms with Crippen molar-refractivity contribution in [2.45, 2.75) is 94.8 Å². The number of fused-ring (bicyclic) bond motifs is 3. The second-order valence-corrected chi connectivity index (χ2v) is 13.7. The summed E-state index contributed by atoms with van der Waals surface area (Å²) in [6, 6.07) is 10.3. The number of alkyl halides is 4. The minimum absolute atomic E-state index is 0.0173. The first-order valence-corrected chi connectivity index (χ1v) is 14.8. The summed E-state index contributed by atoms with van der Waals surface area (Å²) in [6.45, 7) is 4.48. The molecule has 0 atom stereocenters. The first-order chi connectivity index (χ1) is 19.8. The van der Waals surface area contributed by atoms with Crippen LogP contribution in [-0.2, 0) is 16.4 Å². The van der Waals surface area contributed by atoms with E-state index < -0.39 is 22.8 Å². The van der Waals surface area contributed by atoms with E-state index in [1.165, 1.54) is 0 Å².